The van der Waals surface area contributed by atoms with Crippen molar-refractivity contribution in [2.24, 2.45) is 5.84 Å². The van der Waals surface area contributed by atoms with E-state index in [1.54, 1.807) is 0 Å². The van der Waals surface area contributed by atoms with Crippen LogP contribution in [0.25, 0.3) is 22.5 Å². The Morgan fingerprint density at radius 1 is 0.958 bits per heavy atom. The summed E-state index contributed by atoms with van der Waals surface area (Å²) in [6.45, 7) is -0.0276. The number of amides is 1. The van der Waals surface area contributed by atoms with Crippen molar-refractivity contribution < 1.29 is 9.90 Å². The highest BCUT2D eigenvalue weighted by Gasteiger charge is 2.13. The van der Waals surface area contributed by atoms with Crippen molar-refractivity contribution in [3.8, 4) is 22.5 Å². The van der Waals surface area contributed by atoms with Crippen LogP contribution >= 0.6 is 0 Å². The van der Waals surface area contributed by atoms with Gasteiger partial charge >= 0.3 is 5.91 Å². The van der Waals surface area contributed by atoms with Gasteiger partial charge in [-0.25, -0.2) is 15.8 Å². The van der Waals surface area contributed by atoms with E-state index in [0.717, 1.165) is 16.7 Å². The number of hydrogen-bond donors (Lipinski definition) is 3. The van der Waals surface area contributed by atoms with E-state index in [4.69, 9.17) is 10.9 Å². The molecule has 24 heavy (non-hydrogen) atoms. The maximum absolute atomic E-state index is 11.9. The van der Waals surface area contributed by atoms with E-state index in [0.29, 0.717) is 11.4 Å². The van der Waals surface area contributed by atoms with Gasteiger partial charge in [0.05, 0.1) is 18.0 Å². The molecule has 0 spiro atoms. The van der Waals surface area contributed by atoms with E-state index < -0.39 is 5.91 Å². The fraction of sp³-hybridized carbons (Fsp3) is 0.0556. The molecule has 0 aliphatic rings. The molecule has 0 radical (unpaired) electrons. The molecular weight excluding hydrogens is 304 g/mol. The molecule has 1 heterocycles. The number of benzene rings is 2. The Labute approximate surface area is 139 Å². The Hall–Kier alpha value is -3.09. The highest BCUT2D eigenvalue weighted by molar-refractivity contribution is 5.91. The summed E-state index contributed by atoms with van der Waals surface area (Å²) in [5, 5.41) is 9.15. The number of nitrogens with zero attached hydrogens (tertiary/aromatic N) is 2. The highest BCUT2D eigenvalue weighted by Crippen LogP contribution is 2.24. The van der Waals surface area contributed by atoms with Crippen molar-refractivity contribution in [2.75, 3.05) is 0 Å². The molecule has 6 nitrogen and oxygen atoms in total. The Kier molecular flexibility index (Phi) is 4.60. The second kappa shape index (κ2) is 6.99. The number of aliphatic hydroxyl groups is 1. The van der Waals surface area contributed by atoms with Crippen LogP contribution in [0.5, 0.6) is 0 Å². The zero-order chi connectivity index (χ0) is 16.9. The van der Waals surface area contributed by atoms with Crippen LogP contribution in [-0.4, -0.2) is 21.0 Å². The molecule has 0 aliphatic heterocycles. The van der Waals surface area contributed by atoms with E-state index in [1.807, 2.05) is 60.7 Å². The van der Waals surface area contributed by atoms with Gasteiger partial charge in [0.1, 0.15) is 0 Å². The van der Waals surface area contributed by atoms with Crippen molar-refractivity contribution >= 4 is 5.91 Å². The highest BCUT2D eigenvalue weighted by atomic mass is 16.3. The summed E-state index contributed by atoms with van der Waals surface area (Å²) in [5.74, 6) is 4.66. The Morgan fingerprint density at radius 2 is 1.54 bits per heavy atom. The summed E-state index contributed by atoms with van der Waals surface area (Å²) in [6.07, 6.45) is 0. The lowest BCUT2D eigenvalue weighted by atomic mass is 10.1. The molecule has 0 saturated heterocycles. The van der Waals surface area contributed by atoms with E-state index in [2.05, 4.69) is 15.4 Å². The number of hydrogen-bond acceptors (Lipinski definition) is 5. The molecule has 0 unspecified atom stereocenters. The van der Waals surface area contributed by atoms with Gasteiger partial charge in [-0.05, 0) is 11.6 Å². The topological polar surface area (TPSA) is 101 Å². The number of hydrazine groups is 1. The lowest BCUT2D eigenvalue weighted by Gasteiger charge is -2.08. The maximum atomic E-state index is 11.9. The third-order valence-electron chi connectivity index (χ3n) is 3.56. The molecule has 4 N–H and O–H groups in total. The van der Waals surface area contributed by atoms with Gasteiger partial charge in [0.25, 0.3) is 0 Å². The first-order valence-electron chi connectivity index (χ1n) is 7.37. The van der Waals surface area contributed by atoms with Gasteiger partial charge in [0.2, 0.25) is 5.82 Å². The smallest absolute Gasteiger partial charge is 0.302 e. The Morgan fingerprint density at radius 3 is 2.08 bits per heavy atom. The average Bonchev–Trinajstić information content (AvgIpc) is 2.67. The fourth-order valence-electron chi connectivity index (χ4n) is 2.30. The third-order valence-corrected chi connectivity index (χ3v) is 3.56. The van der Waals surface area contributed by atoms with Crippen molar-refractivity contribution in [1.82, 2.24) is 15.4 Å². The van der Waals surface area contributed by atoms with Gasteiger partial charge in [0.15, 0.2) is 0 Å². The van der Waals surface area contributed by atoms with Crippen LogP contribution in [0.4, 0.5) is 0 Å². The summed E-state index contributed by atoms with van der Waals surface area (Å²) in [6, 6.07) is 18.6. The normalized spacial score (nSPS) is 10.4. The van der Waals surface area contributed by atoms with Crippen LogP contribution in [0.1, 0.15) is 16.2 Å². The summed E-state index contributed by atoms with van der Waals surface area (Å²) in [5.41, 5.74) is 5.79. The predicted molar refractivity (Wildman–Crippen MR) is 90.5 cm³/mol. The molecule has 120 valence electrons. The van der Waals surface area contributed by atoms with Gasteiger partial charge in [-0.3, -0.25) is 10.2 Å². The largest absolute Gasteiger partial charge is 0.392 e. The molecule has 1 amide bonds. The van der Waals surface area contributed by atoms with Crippen LogP contribution < -0.4 is 11.3 Å². The van der Waals surface area contributed by atoms with Crippen molar-refractivity contribution in [3.63, 3.8) is 0 Å². The van der Waals surface area contributed by atoms with Crippen LogP contribution in [0.15, 0.2) is 60.7 Å². The van der Waals surface area contributed by atoms with Crippen LogP contribution in [0.3, 0.4) is 0 Å². The number of carbonyl (C=O) groups excluding carboxylic acids is 1. The van der Waals surface area contributed by atoms with Gasteiger partial charge in [0, 0.05) is 11.1 Å². The van der Waals surface area contributed by atoms with Crippen LogP contribution in [0.2, 0.25) is 0 Å². The Bertz CT molecular complexity index is 849. The van der Waals surface area contributed by atoms with Gasteiger partial charge in [-0.2, -0.15) is 0 Å². The molecule has 0 saturated carbocycles. The summed E-state index contributed by atoms with van der Waals surface area (Å²) in [4.78, 5) is 20.5. The third kappa shape index (κ3) is 3.29. The number of rotatable bonds is 4. The number of aliphatic hydroxyl groups excluding tert-OH is 1. The van der Waals surface area contributed by atoms with Crippen molar-refractivity contribution in [3.05, 3.63) is 72.1 Å². The number of nitrogens with one attached hydrogen (secondary N) is 1. The molecule has 6 heteroatoms. The van der Waals surface area contributed by atoms with E-state index in [9.17, 15) is 4.79 Å². The van der Waals surface area contributed by atoms with Crippen molar-refractivity contribution in [1.29, 1.82) is 0 Å². The van der Waals surface area contributed by atoms with Gasteiger partial charge in [-0.15, -0.1) is 0 Å². The predicted octanol–water partition coefficient (Wildman–Crippen LogP) is 1.91. The van der Waals surface area contributed by atoms with E-state index in [1.165, 1.54) is 0 Å². The first kappa shape index (κ1) is 15.8. The molecule has 3 rings (SSSR count). The molecule has 0 aliphatic carbocycles. The zero-order valence-electron chi connectivity index (χ0n) is 12.8. The van der Waals surface area contributed by atoms with Crippen molar-refractivity contribution in [2.45, 2.75) is 6.61 Å². The summed E-state index contributed by atoms with van der Waals surface area (Å²) < 4.78 is 0. The molecule has 2 aromatic carbocycles. The Balaban J connectivity index is 2.12. The molecule has 1 aromatic heterocycles. The molecule has 0 fully saturated rings. The molecular formula is C18H16N4O2. The fourth-order valence-corrected chi connectivity index (χ4v) is 2.30. The molecule has 3 aromatic rings. The molecule has 0 bridgehead atoms. The SMILES string of the molecule is NNC(=O)c1nc(-c2ccccc2)cc(-c2ccc(CO)cc2)n1. The van der Waals surface area contributed by atoms with Gasteiger partial charge < -0.3 is 5.11 Å². The average molecular weight is 320 g/mol. The van der Waals surface area contributed by atoms with E-state index in [-0.39, 0.29) is 12.4 Å². The standard InChI is InChI=1S/C18H16N4O2/c19-22-18(24)17-20-15(13-4-2-1-3-5-13)10-16(21-17)14-8-6-12(11-23)7-9-14/h1-10,23H,11,19H2,(H,22,24). The maximum Gasteiger partial charge on any atom is 0.302 e. The zero-order valence-corrected chi connectivity index (χ0v) is 12.8. The minimum atomic E-state index is -0.555. The number of nitrogen functional groups attached to an aromatic ring is 1. The summed E-state index contributed by atoms with van der Waals surface area (Å²) in [7, 11) is 0. The monoisotopic (exact) mass is 320 g/mol. The second-order valence-corrected chi connectivity index (χ2v) is 5.16. The van der Waals surface area contributed by atoms with Crippen LogP contribution in [0, 0.1) is 0 Å². The van der Waals surface area contributed by atoms with Crippen LogP contribution in [-0.2, 0) is 6.61 Å². The number of aromatic nitrogens is 2. The van der Waals surface area contributed by atoms with E-state index >= 15 is 0 Å². The summed E-state index contributed by atoms with van der Waals surface area (Å²) >= 11 is 0. The first-order chi connectivity index (χ1) is 11.7. The lowest BCUT2D eigenvalue weighted by molar-refractivity contribution is 0.0943. The minimum Gasteiger partial charge on any atom is -0.392 e. The molecule has 0 atom stereocenters. The van der Waals surface area contributed by atoms with Gasteiger partial charge in [-0.1, -0.05) is 54.6 Å². The first-order valence-corrected chi connectivity index (χ1v) is 7.37. The lowest BCUT2D eigenvalue weighted by Crippen LogP contribution is -2.31. The number of nitrogens with two attached hydrogens (primary N) is 1. The minimum absolute atomic E-state index is 0.0000813. The quantitative estimate of drug-likeness (QED) is 0.387. The second-order valence-electron chi connectivity index (χ2n) is 5.16. The number of carbonyl (C=O) groups is 1.